The van der Waals surface area contributed by atoms with E-state index in [9.17, 15) is 4.79 Å². The standard InChI is InChI=1S/C19H22ClN3O/c1-14-7-9-16(10-8-14)23-12-11-22(13-15(23)2)19(24)21-18-6-4-3-5-17(18)20/h3-10,15H,11-13H2,1-2H3,(H,21,24)/t15-/m1/s1. The predicted molar refractivity (Wildman–Crippen MR) is 100 cm³/mol. The molecule has 1 saturated heterocycles. The molecule has 2 amide bonds. The number of urea groups is 1. The first-order valence-electron chi connectivity index (χ1n) is 8.18. The van der Waals surface area contributed by atoms with Gasteiger partial charge in [0, 0.05) is 31.4 Å². The maximum absolute atomic E-state index is 12.5. The van der Waals surface area contributed by atoms with Gasteiger partial charge in [-0.1, -0.05) is 41.4 Å². The molecule has 126 valence electrons. The van der Waals surface area contributed by atoms with Gasteiger partial charge in [-0.2, -0.15) is 0 Å². The summed E-state index contributed by atoms with van der Waals surface area (Å²) in [7, 11) is 0. The lowest BCUT2D eigenvalue weighted by Crippen LogP contribution is -2.54. The molecule has 4 nitrogen and oxygen atoms in total. The number of nitrogens with one attached hydrogen (secondary N) is 1. The molecule has 0 unspecified atom stereocenters. The van der Waals surface area contributed by atoms with Crippen LogP contribution in [0.4, 0.5) is 16.2 Å². The average molecular weight is 344 g/mol. The number of para-hydroxylation sites is 1. The Hall–Kier alpha value is -2.20. The highest BCUT2D eigenvalue weighted by Gasteiger charge is 2.27. The van der Waals surface area contributed by atoms with Gasteiger partial charge in [0.15, 0.2) is 0 Å². The van der Waals surface area contributed by atoms with E-state index in [2.05, 4.69) is 48.3 Å². The van der Waals surface area contributed by atoms with Gasteiger partial charge >= 0.3 is 6.03 Å². The zero-order chi connectivity index (χ0) is 17.1. The number of piperazine rings is 1. The molecule has 1 atom stereocenters. The first-order chi connectivity index (χ1) is 11.5. The minimum absolute atomic E-state index is 0.0986. The molecule has 0 aromatic heterocycles. The summed E-state index contributed by atoms with van der Waals surface area (Å²) in [5.41, 5.74) is 3.11. The number of carbonyl (C=O) groups excluding carboxylic acids is 1. The van der Waals surface area contributed by atoms with Gasteiger partial charge in [0.25, 0.3) is 0 Å². The van der Waals surface area contributed by atoms with Gasteiger partial charge in [-0.15, -0.1) is 0 Å². The summed E-state index contributed by atoms with van der Waals surface area (Å²) in [6.07, 6.45) is 0. The van der Waals surface area contributed by atoms with Gasteiger partial charge in [-0.25, -0.2) is 4.79 Å². The van der Waals surface area contributed by atoms with E-state index in [1.807, 2.05) is 23.1 Å². The molecule has 1 aliphatic heterocycles. The molecule has 0 spiro atoms. The Morgan fingerprint density at radius 1 is 1.12 bits per heavy atom. The third kappa shape index (κ3) is 3.65. The van der Waals surface area contributed by atoms with Gasteiger partial charge in [0.05, 0.1) is 10.7 Å². The Labute approximate surface area is 148 Å². The Balaban J connectivity index is 1.63. The van der Waals surface area contributed by atoms with E-state index < -0.39 is 0 Å². The van der Waals surface area contributed by atoms with Crippen LogP contribution >= 0.6 is 11.6 Å². The number of nitrogens with zero attached hydrogens (tertiary/aromatic N) is 2. The molecule has 24 heavy (non-hydrogen) atoms. The van der Waals surface area contributed by atoms with Crippen LogP contribution < -0.4 is 10.2 Å². The summed E-state index contributed by atoms with van der Waals surface area (Å²) >= 11 is 6.11. The second kappa shape index (κ2) is 7.14. The molecule has 5 heteroatoms. The summed E-state index contributed by atoms with van der Waals surface area (Å²) in [4.78, 5) is 16.7. The number of amides is 2. The van der Waals surface area contributed by atoms with Crippen LogP contribution in [0.15, 0.2) is 48.5 Å². The number of hydrogen-bond acceptors (Lipinski definition) is 2. The van der Waals surface area contributed by atoms with E-state index in [4.69, 9.17) is 11.6 Å². The summed E-state index contributed by atoms with van der Waals surface area (Å²) in [6, 6.07) is 16.0. The molecular weight excluding hydrogens is 322 g/mol. The molecule has 2 aromatic rings. The summed E-state index contributed by atoms with van der Waals surface area (Å²) in [5.74, 6) is 0. The molecule has 3 rings (SSSR count). The largest absolute Gasteiger partial charge is 0.365 e. The molecule has 1 aliphatic rings. The zero-order valence-corrected chi connectivity index (χ0v) is 14.8. The number of halogens is 1. The summed E-state index contributed by atoms with van der Waals surface area (Å²) < 4.78 is 0. The molecule has 1 heterocycles. The molecule has 1 N–H and O–H groups in total. The lowest BCUT2D eigenvalue weighted by Gasteiger charge is -2.41. The van der Waals surface area contributed by atoms with Crippen LogP contribution in [-0.2, 0) is 0 Å². The van der Waals surface area contributed by atoms with E-state index in [0.29, 0.717) is 23.8 Å². The first kappa shape index (κ1) is 16.7. The van der Waals surface area contributed by atoms with E-state index in [1.165, 1.54) is 11.3 Å². The monoisotopic (exact) mass is 343 g/mol. The highest BCUT2D eigenvalue weighted by Crippen LogP contribution is 2.23. The van der Waals surface area contributed by atoms with Crippen LogP contribution in [0, 0.1) is 6.92 Å². The van der Waals surface area contributed by atoms with Crippen molar-refractivity contribution < 1.29 is 4.79 Å². The molecule has 2 aromatic carbocycles. The number of benzene rings is 2. The Morgan fingerprint density at radius 2 is 1.83 bits per heavy atom. The van der Waals surface area contributed by atoms with Crippen LogP contribution in [0.2, 0.25) is 5.02 Å². The van der Waals surface area contributed by atoms with Crippen molar-refractivity contribution in [3.63, 3.8) is 0 Å². The lowest BCUT2D eigenvalue weighted by molar-refractivity contribution is 0.200. The van der Waals surface area contributed by atoms with Gasteiger partial charge in [0.1, 0.15) is 0 Å². The number of rotatable bonds is 2. The molecule has 0 radical (unpaired) electrons. The van der Waals surface area contributed by atoms with Crippen molar-refractivity contribution in [3.8, 4) is 0 Å². The topological polar surface area (TPSA) is 35.6 Å². The number of aryl methyl sites for hydroxylation is 1. The van der Waals surface area contributed by atoms with Crippen molar-refractivity contribution in [2.75, 3.05) is 29.9 Å². The summed E-state index contributed by atoms with van der Waals surface area (Å²) in [6.45, 7) is 6.43. The first-order valence-corrected chi connectivity index (χ1v) is 8.56. The van der Waals surface area contributed by atoms with Crippen molar-refractivity contribution in [2.45, 2.75) is 19.9 Å². The van der Waals surface area contributed by atoms with E-state index in [1.54, 1.807) is 6.07 Å². The van der Waals surface area contributed by atoms with Gasteiger partial charge in [-0.3, -0.25) is 0 Å². The number of anilines is 2. The third-order valence-electron chi connectivity index (χ3n) is 4.40. The fourth-order valence-corrected chi connectivity index (χ4v) is 3.20. The number of hydrogen-bond donors (Lipinski definition) is 1. The molecular formula is C19H22ClN3O. The van der Waals surface area contributed by atoms with E-state index in [0.717, 1.165) is 6.54 Å². The van der Waals surface area contributed by atoms with Crippen LogP contribution in [-0.4, -0.2) is 36.6 Å². The van der Waals surface area contributed by atoms with Crippen molar-refractivity contribution >= 4 is 29.0 Å². The van der Waals surface area contributed by atoms with Crippen LogP contribution in [0.25, 0.3) is 0 Å². The quantitative estimate of drug-likeness (QED) is 0.877. The van der Waals surface area contributed by atoms with Crippen molar-refractivity contribution in [2.24, 2.45) is 0 Å². The maximum atomic E-state index is 12.5. The Bertz CT molecular complexity index is 717. The maximum Gasteiger partial charge on any atom is 0.322 e. The van der Waals surface area contributed by atoms with Crippen molar-refractivity contribution in [1.82, 2.24) is 4.90 Å². The van der Waals surface area contributed by atoms with Crippen LogP contribution in [0.3, 0.4) is 0 Å². The second-order valence-electron chi connectivity index (χ2n) is 6.23. The highest BCUT2D eigenvalue weighted by atomic mass is 35.5. The second-order valence-corrected chi connectivity index (χ2v) is 6.64. The third-order valence-corrected chi connectivity index (χ3v) is 4.73. The predicted octanol–water partition coefficient (Wildman–Crippen LogP) is 4.39. The molecule has 1 fully saturated rings. The Kier molecular flexibility index (Phi) is 4.95. The average Bonchev–Trinajstić information content (AvgIpc) is 2.58. The zero-order valence-electron chi connectivity index (χ0n) is 14.0. The molecule has 0 aliphatic carbocycles. The van der Waals surface area contributed by atoms with Gasteiger partial charge in [-0.05, 0) is 38.1 Å². The van der Waals surface area contributed by atoms with Crippen molar-refractivity contribution in [1.29, 1.82) is 0 Å². The SMILES string of the molecule is Cc1ccc(N2CCN(C(=O)Nc3ccccc3Cl)C[C@H]2C)cc1. The van der Waals surface area contributed by atoms with Gasteiger partial charge < -0.3 is 15.1 Å². The highest BCUT2D eigenvalue weighted by molar-refractivity contribution is 6.33. The van der Waals surface area contributed by atoms with Crippen molar-refractivity contribution in [3.05, 3.63) is 59.1 Å². The fourth-order valence-electron chi connectivity index (χ4n) is 3.02. The summed E-state index contributed by atoms with van der Waals surface area (Å²) in [5, 5.41) is 3.45. The number of carbonyl (C=O) groups is 1. The van der Waals surface area contributed by atoms with E-state index >= 15 is 0 Å². The lowest BCUT2D eigenvalue weighted by atomic mass is 10.1. The minimum atomic E-state index is -0.0986. The van der Waals surface area contributed by atoms with E-state index in [-0.39, 0.29) is 12.1 Å². The minimum Gasteiger partial charge on any atom is -0.365 e. The fraction of sp³-hybridized carbons (Fsp3) is 0.316. The van der Waals surface area contributed by atoms with Crippen LogP contribution in [0.1, 0.15) is 12.5 Å². The molecule has 0 saturated carbocycles. The van der Waals surface area contributed by atoms with Gasteiger partial charge in [0.2, 0.25) is 0 Å². The normalized spacial score (nSPS) is 17.7. The smallest absolute Gasteiger partial charge is 0.322 e. The molecule has 0 bridgehead atoms. The van der Waals surface area contributed by atoms with Crippen LogP contribution in [0.5, 0.6) is 0 Å². The Morgan fingerprint density at radius 3 is 2.50 bits per heavy atom.